The van der Waals surface area contributed by atoms with E-state index in [2.05, 4.69) is 28.5 Å². The van der Waals surface area contributed by atoms with Gasteiger partial charge in [0.15, 0.2) is 0 Å². The highest BCUT2D eigenvalue weighted by molar-refractivity contribution is 7.12. The van der Waals surface area contributed by atoms with Crippen molar-refractivity contribution in [3.63, 3.8) is 0 Å². The van der Waals surface area contributed by atoms with Crippen molar-refractivity contribution in [3.05, 3.63) is 68.9 Å². The van der Waals surface area contributed by atoms with Gasteiger partial charge in [0.25, 0.3) is 5.91 Å². The lowest BCUT2D eigenvalue weighted by Gasteiger charge is -2.27. The van der Waals surface area contributed by atoms with Gasteiger partial charge in [-0.3, -0.25) is 9.69 Å². The zero-order chi connectivity index (χ0) is 21.0. The summed E-state index contributed by atoms with van der Waals surface area (Å²) in [6.45, 7) is 2.61. The largest absolute Gasteiger partial charge is 0.467 e. The van der Waals surface area contributed by atoms with Crippen LogP contribution in [-0.4, -0.2) is 47.3 Å². The fraction of sp³-hybridized carbons (Fsp3) is 0.391. The molecule has 0 aliphatic carbocycles. The maximum absolute atomic E-state index is 13.5. The van der Waals surface area contributed by atoms with Crippen LogP contribution in [0.3, 0.4) is 0 Å². The Morgan fingerprint density at radius 2 is 2.10 bits per heavy atom. The molecule has 2 atom stereocenters. The van der Waals surface area contributed by atoms with E-state index >= 15 is 0 Å². The molecule has 0 saturated carbocycles. The van der Waals surface area contributed by atoms with Gasteiger partial charge in [0.2, 0.25) is 0 Å². The second-order valence-electron chi connectivity index (χ2n) is 7.88. The molecule has 2 aliphatic heterocycles. The van der Waals surface area contributed by atoms with E-state index < -0.39 is 0 Å². The summed E-state index contributed by atoms with van der Waals surface area (Å²) in [6.07, 6.45) is 4.65. The molecule has 5 rings (SSSR count). The molecule has 0 bridgehead atoms. The molecule has 0 aromatic carbocycles. The van der Waals surface area contributed by atoms with Crippen molar-refractivity contribution in [2.75, 3.05) is 19.7 Å². The number of amides is 1. The standard InChI is InChI=1S/C23H25N3O3S2/c27-23(16-25(14-17-5-1-9-28-17)15-18-6-3-11-30-18)26-20(21-7-2-10-29-21)13-19(24-26)22-8-4-12-31-22/h2-4,6-8,10-12,17,20H,1,5,9,13-16H2. The van der Waals surface area contributed by atoms with Crippen LogP contribution >= 0.6 is 22.7 Å². The Labute approximate surface area is 189 Å². The highest BCUT2D eigenvalue weighted by Crippen LogP contribution is 2.34. The average Bonchev–Trinajstić information content (AvgIpc) is 3.59. The van der Waals surface area contributed by atoms with Gasteiger partial charge in [0.05, 0.1) is 29.5 Å². The first-order valence-corrected chi connectivity index (χ1v) is 12.4. The topological polar surface area (TPSA) is 58.3 Å². The van der Waals surface area contributed by atoms with Crippen LogP contribution in [0.25, 0.3) is 0 Å². The van der Waals surface area contributed by atoms with Crippen molar-refractivity contribution in [2.24, 2.45) is 5.10 Å². The number of rotatable bonds is 8. The normalized spacial score (nSPS) is 21.2. The van der Waals surface area contributed by atoms with Crippen molar-refractivity contribution in [3.8, 4) is 0 Å². The minimum Gasteiger partial charge on any atom is -0.467 e. The average molecular weight is 456 g/mol. The van der Waals surface area contributed by atoms with Crippen molar-refractivity contribution < 1.29 is 13.9 Å². The quantitative estimate of drug-likeness (QED) is 0.491. The van der Waals surface area contributed by atoms with Crippen LogP contribution in [0.1, 0.15) is 40.8 Å². The van der Waals surface area contributed by atoms with Gasteiger partial charge in [-0.2, -0.15) is 5.10 Å². The van der Waals surface area contributed by atoms with E-state index in [4.69, 9.17) is 14.3 Å². The second-order valence-corrected chi connectivity index (χ2v) is 9.86. The number of furan rings is 1. The van der Waals surface area contributed by atoms with E-state index in [-0.39, 0.29) is 18.1 Å². The fourth-order valence-electron chi connectivity index (χ4n) is 4.18. The molecule has 3 aromatic rings. The Balaban J connectivity index is 1.35. The smallest absolute Gasteiger partial charge is 0.257 e. The molecule has 1 fully saturated rings. The van der Waals surface area contributed by atoms with Gasteiger partial charge in [-0.25, -0.2) is 5.01 Å². The molecule has 0 N–H and O–H groups in total. The summed E-state index contributed by atoms with van der Waals surface area (Å²) in [5.74, 6) is 0.759. The Morgan fingerprint density at radius 3 is 2.81 bits per heavy atom. The number of nitrogens with zero attached hydrogens (tertiary/aromatic N) is 3. The van der Waals surface area contributed by atoms with E-state index in [1.165, 1.54) is 4.88 Å². The van der Waals surface area contributed by atoms with Gasteiger partial charge in [0, 0.05) is 31.0 Å². The Bertz CT molecular complexity index is 993. The number of hydrogen-bond donors (Lipinski definition) is 0. The summed E-state index contributed by atoms with van der Waals surface area (Å²) < 4.78 is 11.5. The van der Waals surface area contributed by atoms with Gasteiger partial charge in [-0.1, -0.05) is 12.1 Å². The first-order valence-electron chi connectivity index (χ1n) is 10.6. The number of carbonyl (C=O) groups excluding carboxylic acids is 1. The third kappa shape index (κ3) is 4.82. The lowest BCUT2D eigenvalue weighted by molar-refractivity contribution is -0.135. The highest BCUT2D eigenvalue weighted by Gasteiger charge is 2.36. The molecule has 1 amide bonds. The first-order chi connectivity index (χ1) is 15.3. The number of thiophene rings is 2. The molecule has 3 aromatic heterocycles. The first kappa shape index (κ1) is 20.6. The third-order valence-corrected chi connectivity index (χ3v) is 7.43. The van der Waals surface area contributed by atoms with Crippen molar-refractivity contribution >= 4 is 34.3 Å². The summed E-state index contributed by atoms with van der Waals surface area (Å²) in [7, 11) is 0. The summed E-state index contributed by atoms with van der Waals surface area (Å²) in [4.78, 5) is 18.0. The third-order valence-electron chi connectivity index (χ3n) is 5.65. The molecule has 6 nitrogen and oxygen atoms in total. The Morgan fingerprint density at radius 1 is 1.19 bits per heavy atom. The van der Waals surface area contributed by atoms with E-state index in [1.807, 2.05) is 23.6 Å². The SMILES string of the molecule is O=C(CN(Cc1cccs1)CC1CCCO1)N1N=C(c2cccs2)CC1c1ccco1. The summed E-state index contributed by atoms with van der Waals surface area (Å²) in [5.41, 5.74) is 0.939. The van der Waals surface area contributed by atoms with Gasteiger partial charge < -0.3 is 9.15 Å². The van der Waals surface area contributed by atoms with Gasteiger partial charge in [0.1, 0.15) is 11.8 Å². The van der Waals surface area contributed by atoms with Crippen LogP contribution in [0.4, 0.5) is 0 Å². The second kappa shape index (κ2) is 9.48. The van der Waals surface area contributed by atoms with Crippen LogP contribution in [0.2, 0.25) is 0 Å². The summed E-state index contributed by atoms with van der Waals surface area (Å²) >= 11 is 3.36. The number of ether oxygens (including phenoxy) is 1. The van der Waals surface area contributed by atoms with Crippen molar-refractivity contribution in [2.45, 2.75) is 38.0 Å². The minimum absolute atomic E-state index is 0.0116. The summed E-state index contributed by atoms with van der Waals surface area (Å²) in [6, 6.07) is 11.8. The van der Waals surface area contributed by atoms with Crippen LogP contribution < -0.4 is 0 Å². The van der Waals surface area contributed by atoms with Crippen LogP contribution in [0.15, 0.2) is 62.9 Å². The van der Waals surface area contributed by atoms with E-state index in [9.17, 15) is 4.79 Å². The maximum atomic E-state index is 13.5. The molecule has 2 aliphatic rings. The van der Waals surface area contributed by atoms with Crippen molar-refractivity contribution in [1.29, 1.82) is 0 Å². The number of carbonyl (C=O) groups is 1. The monoisotopic (exact) mass is 455 g/mol. The molecule has 31 heavy (non-hydrogen) atoms. The molecule has 2 unspecified atom stereocenters. The molecule has 0 radical (unpaired) electrons. The molecular weight excluding hydrogens is 430 g/mol. The maximum Gasteiger partial charge on any atom is 0.257 e. The van der Waals surface area contributed by atoms with E-state index in [1.54, 1.807) is 33.9 Å². The predicted octanol–water partition coefficient (Wildman–Crippen LogP) is 4.76. The zero-order valence-corrected chi connectivity index (χ0v) is 18.8. The minimum atomic E-state index is -0.203. The Hall–Kier alpha value is -2.26. The fourth-order valence-corrected chi connectivity index (χ4v) is 5.65. The van der Waals surface area contributed by atoms with Crippen LogP contribution in [0.5, 0.6) is 0 Å². The zero-order valence-electron chi connectivity index (χ0n) is 17.2. The molecule has 0 spiro atoms. The number of hydrogen-bond acceptors (Lipinski definition) is 7. The van der Waals surface area contributed by atoms with Crippen molar-refractivity contribution in [1.82, 2.24) is 9.91 Å². The molecule has 1 saturated heterocycles. The molecular formula is C23H25N3O3S2. The van der Waals surface area contributed by atoms with Crippen LogP contribution in [0, 0.1) is 0 Å². The lowest BCUT2D eigenvalue weighted by Crippen LogP contribution is -2.40. The molecule has 162 valence electrons. The predicted molar refractivity (Wildman–Crippen MR) is 122 cm³/mol. The summed E-state index contributed by atoms with van der Waals surface area (Å²) in [5, 5.41) is 10.5. The van der Waals surface area contributed by atoms with Gasteiger partial charge >= 0.3 is 0 Å². The van der Waals surface area contributed by atoms with E-state index in [0.29, 0.717) is 13.0 Å². The molecule has 5 heterocycles. The van der Waals surface area contributed by atoms with Gasteiger partial charge in [-0.05, 0) is 47.9 Å². The number of hydrazone groups is 1. The van der Waals surface area contributed by atoms with Gasteiger partial charge in [-0.15, -0.1) is 22.7 Å². The lowest BCUT2D eigenvalue weighted by atomic mass is 10.1. The van der Waals surface area contributed by atoms with E-state index in [0.717, 1.165) is 48.9 Å². The highest BCUT2D eigenvalue weighted by atomic mass is 32.1. The molecule has 8 heteroatoms. The Kier molecular flexibility index (Phi) is 6.31. The van der Waals surface area contributed by atoms with Crippen LogP contribution in [-0.2, 0) is 16.1 Å².